The molecule has 2 heterocycles. The summed E-state index contributed by atoms with van der Waals surface area (Å²) < 4.78 is 85.8. The zero-order chi connectivity index (χ0) is 21.8. The minimum absolute atomic E-state index is 0.0586. The lowest BCUT2D eigenvalue weighted by atomic mass is 9.84. The summed E-state index contributed by atoms with van der Waals surface area (Å²) in [5, 5.41) is 4.11. The molecule has 1 unspecified atom stereocenters. The van der Waals surface area contributed by atoms with Gasteiger partial charge in [0.2, 0.25) is 0 Å². The van der Waals surface area contributed by atoms with Gasteiger partial charge < -0.3 is 4.42 Å². The van der Waals surface area contributed by atoms with Crippen LogP contribution in [0.3, 0.4) is 0 Å². The molecule has 30 heavy (non-hydrogen) atoms. The summed E-state index contributed by atoms with van der Waals surface area (Å²) in [5.41, 5.74) is -2.56. The predicted molar refractivity (Wildman–Crippen MR) is 92.4 cm³/mol. The van der Waals surface area contributed by atoms with Crippen LogP contribution in [0.4, 0.5) is 26.3 Å². The first-order chi connectivity index (χ1) is 13.9. The maximum atomic E-state index is 13.2. The van der Waals surface area contributed by atoms with Gasteiger partial charge in [-0.25, -0.2) is 4.68 Å². The lowest BCUT2D eigenvalue weighted by molar-refractivity contribution is -0.143. The molecule has 0 fully saturated rings. The van der Waals surface area contributed by atoms with Gasteiger partial charge in [-0.3, -0.25) is 4.79 Å². The molecular formula is C20H14F6N2O2. The highest BCUT2D eigenvalue weighted by Crippen LogP contribution is 2.39. The number of fused-ring (bicyclic) bond motifs is 1. The van der Waals surface area contributed by atoms with Crippen LogP contribution in [0.25, 0.3) is 5.69 Å². The van der Waals surface area contributed by atoms with Gasteiger partial charge in [0.05, 0.1) is 40.0 Å². The zero-order valence-corrected chi connectivity index (χ0v) is 15.4. The number of hydrogen-bond donors (Lipinski definition) is 0. The Balaban J connectivity index is 1.89. The van der Waals surface area contributed by atoms with Gasteiger partial charge in [0, 0.05) is 18.8 Å². The van der Waals surface area contributed by atoms with Gasteiger partial charge in [-0.15, -0.1) is 0 Å². The maximum Gasteiger partial charge on any atom is 0.416 e. The molecule has 158 valence electrons. The fourth-order valence-corrected chi connectivity index (χ4v) is 3.76. The Morgan fingerprint density at radius 2 is 1.67 bits per heavy atom. The minimum atomic E-state index is -4.98. The zero-order valence-electron chi connectivity index (χ0n) is 15.4. The van der Waals surface area contributed by atoms with E-state index in [9.17, 15) is 31.1 Å². The summed E-state index contributed by atoms with van der Waals surface area (Å²) in [6.45, 7) is 1.50. The van der Waals surface area contributed by atoms with E-state index in [-0.39, 0.29) is 47.6 Å². The van der Waals surface area contributed by atoms with Gasteiger partial charge in [-0.2, -0.15) is 31.4 Å². The molecule has 1 aliphatic rings. The molecule has 1 aromatic carbocycles. The SMILES string of the molecule is Cc1nn(-c2cc(C(F)(F)F)cc(C(F)(F)F)c2)c2c1C(=O)CC(c1ccco1)C2. The standard InChI is InChI=1S/C20H14F6N2O2/c1-10-18-15(5-11(6-16(18)29)17-3-2-4-30-17)28(27-10)14-8-12(19(21,22)23)7-13(9-14)20(24,25)26/h2-4,7-9,11H,5-6H2,1H3. The average molecular weight is 428 g/mol. The van der Waals surface area contributed by atoms with E-state index < -0.39 is 29.2 Å². The van der Waals surface area contributed by atoms with E-state index in [0.29, 0.717) is 17.9 Å². The number of furan rings is 1. The Labute approximate surface area is 166 Å². The Morgan fingerprint density at radius 3 is 2.20 bits per heavy atom. The van der Waals surface area contributed by atoms with Crippen molar-refractivity contribution in [1.82, 2.24) is 9.78 Å². The number of Topliss-reactive ketones (excluding diaryl/α,β-unsaturated/α-hetero) is 1. The van der Waals surface area contributed by atoms with Gasteiger partial charge in [0.1, 0.15) is 5.76 Å². The molecule has 2 aromatic heterocycles. The van der Waals surface area contributed by atoms with Crippen LogP contribution in [0.5, 0.6) is 0 Å². The highest BCUT2D eigenvalue weighted by molar-refractivity contribution is 6.00. The van der Waals surface area contributed by atoms with E-state index in [1.807, 2.05) is 0 Å². The topological polar surface area (TPSA) is 48.0 Å². The van der Waals surface area contributed by atoms with E-state index in [4.69, 9.17) is 4.42 Å². The second-order valence-corrected chi connectivity index (χ2v) is 7.13. The fourth-order valence-electron chi connectivity index (χ4n) is 3.76. The molecule has 4 rings (SSSR count). The van der Waals surface area contributed by atoms with Crippen LogP contribution in [0.15, 0.2) is 41.0 Å². The number of aryl methyl sites for hydroxylation is 1. The number of ketones is 1. The van der Waals surface area contributed by atoms with E-state index in [2.05, 4.69) is 5.10 Å². The van der Waals surface area contributed by atoms with Crippen LogP contribution in [0.2, 0.25) is 0 Å². The Kier molecular flexibility index (Phi) is 4.55. The first-order valence-corrected chi connectivity index (χ1v) is 8.90. The van der Waals surface area contributed by atoms with Gasteiger partial charge in [0.15, 0.2) is 5.78 Å². The molecule has 3 aromatic rings. The fraction of sp³-hybridized carbons (Fsp3) is 0.300. The van der Waals surface area contributed by atoms with Gasteiger partial charge in [-0.1, -0.05) is 0 Å². The largest absolute Gasteiger partial charge is 0.469 e. The lowest BCUT2D eigenvalue weighted by Gasteiger charge is -2.22. The van der Waals surface area contributed by atoms with Crippen molar-refractivity contribution in [3.63, 3.8) is 0 Å². The van der Waals surface area contributed by atoms with E-state index >= 15 is 0 Å². The monoisotopic (exact) mass is 428 g/mol. The average Bonchev–Trinajstić information content (AvgIpc) is 3.28. The Morgan fingerprint density at radius 1 is 1.03 bits per heavy atom. The van der Waals surface area contributed by atoms with Crippen LogP contribution < -0.4 is 0 Å². The molecule has 1 aliphatic carbocycles. The molecule has 10 heteroatoms. The number of nitrogens with zero attached hydrogens (tertiary/aromatic N) is 2. The Bertz CT molecular complexity index is 1080. The van der Waals surface area contributed by atoms with Crippen LogP contribution >= 0.6 is 0 Å². The van der Waals surface area contributed by atoms with Crippen LogP contribution in [0, 0.1) is 6.92 Å². The van der Waals surface area contributed by atoms with Gasteiger partial charge in [-0.05, 0) is 37.3 Å². The molecule has 0 N–H and O–H groups in total. The number of carbonyl (C=O) groups is 1. The van der Waals surface area contributed by atoms with Crippen molar-refractivity contribution in [2.24, 2.45) is 0 Å². The third-order valence-electron chi connectivity index (χ3n) is 5.07. The quantitative estimate of drug-likeness (QED) is 0.491. The molecule has 0 saturated carbocycles. The number of aromatic nitrogens is 2. The molecule has 0 spiro atoms. The normalized spacial score (nSPS) is 17.3. The second-order valence-electron chi connectivity index (χ2n) is 7.13. The molecular weight excluding hydrogens is 414 g/mol. The van der Waals surface area contributed by atoms with Gasteiger partial charge >= 0.3 is 12.4 Å². The number of alkyl halides is 6. The van der Waals surface area contributed by atoms with E-state index in [1.165, 1.54) is 13.2 Å². The van der Waals surface area contributed by atoms with Crippen LogP contribution in [-0.4, -0.2) is 15.6 Å². The summed E-state index contributed by atoms with van der Waals surface area (Å²) in [5.74, 6) is -0.161. The third-order valence-corrected chi connectivity index (χ3v) is 5.07. The second kappa shape index (κ2) is 6.75. The molecule has 0 radical (unpaired) electrons. The van der Waals surface area contributed by atoms with Crippen molar-refractivity contribution in [2.75, 3.05) is 0 Å². The van der Waals surface area contributed by atoms with Gasteiger partial charge in [0.25, 0.3) is 0 Å². The van der Waals surface area contributed by atoms with Crippen LogP contribution in [0.1, 0.15) is 51.0 Å². The molecule has 0 aliphatic heterocycles. The number of rotatable bonds is 2. The smallest absolute Gasteiger partial charge is 0.416 e. The first-order valence-electron chi connectivity index (χ1n) is 8.90. The summed E-state index contributed by atoms with van der Waals surface area (Å²) >= 11 is 0. The van der Waals surface area contributed by atoms with E-state index in [1.54, 1.807) is 12.1 Å². The minimum Gasteiger partial charge on any atom is -0.469 e. The summed E-state index contributed by atoms with van der Waals surface area (Å²) in [6, 6.07) is 4.57. The summed E-state index contributed by atoms with van der Waals surface area (Å²) in [7, 11) is 0. The first kappa shape index (κ1) is 20.2. The van der Waals surface area contributed by atoms with Crippen LogP contribution in [-0.2, 0) is 18.8 Å². The Hall–Kier alpha value is -3.04. The highest BCUT2D eigenvalue weighted by Gasteiger charge is 2.38. The van der Waals surface area contributed by atoms with Crippen molar-refractivity contribution in [3.05, 3.63) is 70.4 Å². The van der Waals surface area contributed by atoms with Crippen molar-refractivity contribution < 1.29 is 35.6 Å². The summed E-state index contributed by atoms with van der Waals surface area (Å²) in [4.78, 5) is 12.7. The van der Waals surface area contributed by atoms with Crippen molar-refractivity contribution in [3.8, 4) is 5.69 Å². The lowest BCUT2D eigenvalue weighted by Crippen LogP contribution is -2.21. The number of halogens is 6. The number of benzene rings is 1. The molecule has 0 bridgehead atoms. The highest BCUT2D eigenvalue weighted by atomic mass is 19.4. The van der Waals surface area contributed by atoms with Crippen molar-refractivity contribution >= 4 is 5.78 Å². The molecule has 0 amide bonds. The molecule has 0 saturated heterocycles. The predicted octanol–water partition coefficient (Wildman–Crippen LogP) is 5.72. The number of carbonyl (C=O) groups excluding carboxylic acids is 1. The van der Waals surface area contributed by atoms with E-state index in [0.717, 1.165) is 4.68 Å². The maximum absolute atomic E-state index is 13.2. The number of hydrogen-bond acceptors (Lipinski definition) is 3. The van der Waals surface area contributed by atoms with Crippen molar-refractivity contribution in [2.45, 2.75) is 38.0 Å². The molecule has 4 nitrogen and oxygen atoms in total. The summed E-state index contributed by atoms with van der Waals surface area (Å²) in [6.07, 6.45) is -8.23. The molecule has 1 atom stereocenters. The van der Waals surface area contributed by atoms with Crippen molar-refractivity contribution in [1.29, 1.82) is 0 Å². The third kappa shape index (κ3) is 3.50.